The topological polar surface area (TPSA) is 53.8 Å². The van der Waals surface area contributed by atoms with Gasteiger partial charge in [0, 0.05) is 16.7 Å². The molecular formula is C14H9BrN2OS. The summed E-state index contributed by atoms with van der Waals surface area (Å²) >= 11 is 4.79. The van der Waals surface area contributed by atoms with E-state index in [4.69, 9.17) is 5.26 Å². The maximum absolute atomic E-state index is 11.6. The highest BCUT2D eigenvalue weighted by Crippen LogP contribution is 2.34. The predicted octanol–water partition coefficient (Wildman–Crippen LogP) is 4.07. The van der Waals surface area contributed by atoms with Crippen molar-refractivity contribution < 1.29 is 4.79 Å². The number of Topliss-reactive ketones (excluding diaryl/α,β-unsaturated/α-hetero) is 1. The van der Waals surface area contributed by atoms with Crippen LogP contribution in [0.3, 0.4) is 0 Å². The van der Waals surface area contributed by atoms with Crippen molar-refractivity contribution in [2.75, 3.05) is 0 Å². The molecule has 0 saturated carbocycles. The molecule has 0 aliphatic carbocycles. The van der Waals surface area contributed by atoms with E-state index in [1.54, 1.807) is 24.4 Å². The normalized spacial score (nSPS) is 9.95. The van der Waals surface area contributed by atoms with Crippen LogP contribution in [0.5, 0.6) is 0 Å². The number of hydrogen-bond acceptors (Lipinski definition) is 4. The number of pyridine rings is 1. The SMILES string of the molecule is CC(=O)c1ccc(C#N)cc1Sc1ncccc1Br. The van der Waals surface area contributed by atoms with E-state index in [9.17, 15) is 4.79 Å². The van der Waals surface area contributed by atoms with Gasteiger partial charge in [0.2, 0.25) is 0 Å². The van der Waals surface area contributed by atoms with Crippen LogP contribution in [-0.4, -0.2) is 10.8 Å². The number of ketones is 1. The Balaban J connectivity index is 2.46. The van der Waals surface area contributed by atoms with Crippen LogP contribution in [0.15, 0.2) is 50.9 Å². The number of carbonyl (C=O) groups is 1. The van der Waals surface area contributed by atoms with E-state index in [1.165, 1.54) is 18.7 Å². The first kappa shape index (κ1) is 13.8. The summed E-state index contributed by atoms with van der Waals surface area (Å²) in [6.07, 6.45) is 1.69. The molecule has 1 aromatic heterocycles. The van der Waals surface area contributed by atoms with Gasteiger partial charge in [0.15, 0.2) is 5.78 Å². The maximum Gasteiger partial charge on any atom is 0.160 e. The van der Waals surface area contributed by atoms with Crippen LogP contribution in [0.25, 0.3) is 0 Å². The molecule has 0 aliphatic rings. The van der Waals surface area contributed by atoms with Gasteiger partial charge in [0.05, 0.1) is 16.1 Å². The lowest BCUT2D eigenvalue weighted by molar-refractivity contribution is 0.101. The highest BCUT2D eigenvalue weighted by atomic mass is 79.9. The molecule has 2 rings (SSSR count). The largest absolute Gasteiger partial charge is 0.294 e. The first-order valence-electron chi connectivity index (χ1n) is 5.45. The molecule has 0 aliphatic heterocycles. The van der Waals surface area contributed by atoms with Crippen molar-refractivity contribution >= 4 is 33.5 Å². The van der Waals surface area contributed by atoms with Crippen LogP contribution in [0, 0.1) is 11.3 Å². The molecule has 5 heteroatoms. The minimum Gasteiger partial charge on any atom is -0.294 e. The van der Waals surface area contributed by atoms with Gasteiger partial charge in [-0.25, -0.2) is 4.98 Å². The van der Waals surface area contributed by atoms with Crippen LogP contribution >= 0.6 is 27.7 Å². The van der Waals surface area contributed by atoms with Gasteiger partial charge in [-0.1, -0.05) is 11.8 Å². The third kappa shape index (κ3) is 3.22. The molecule has 0 amide bonds. The Kier molecular flexibility index (Phi) is 4.35. The summed E-state index contributed by atoms with van der Waals surface area (Å²) in [6, 6.07) is 10.8. The van der Waals surface area contributed by atoms with E-state index in [0.717, 1.165) is 14.4 Å². The van der Waals surface area contributed by atoms with Crippen molar-refractivity contribution in [2.24, 2.45) is 0 Å². The molecule has 0 saturated heterocycles. The summed E-state index contributed by atoms with van der Waals surface area (Å²) in [4.78, 5) is 16.6. The number of aromatic nitrogens is 1. The Bertz CT molecular complexity index is 679. The van der Waals surface area contributed by atoms with Gasteiger partial charge in [-0.05, 0) is 53.2 Å². The van der Waals surface area contributed by atoms with E-state index < -0.39 is 0 Å². The number of nitrogens with zero attached hydrogens (tertiary/aromatic N) is 2. The third-order valence-electron chi connectivity index (χ3n) is 2.42. The van der Waals surface area contributed by atoms with Crippen LogP contribution in [0.1, 0.15) is 22.8 Å². The zero-order chi connectivity index (χ0) is 13.8. The first-order valence-corrected chi connectivity index (χ1v) is 7.06. The second-order valence-corrected chi connectivity index (χ2v) is 5.66. The Labute approximate surface area is 123 Å². The average molecular weight is 333 g/mol. The van der Waals surface area contributed by atoms with Gasteiger partial charge >= 0.3 is 0 Å². The third-order valence-corrected chi connectivity index (χ3v) is 4.40. The molecule has 0 fully saturated rings. The Morgan fingerprint density at radius 1 is 1.42 bits per heavy atom. The van der Waals surface area contributed by atoms with E-state index in [1.807, 2.05) is 12.1 Å². The van der Waals surface area contributed by atoms with Gasteiger partial charge in [-0.2, -0.15) is 5.26 Å². The van der Waals surface area contributed by atoms with Gasteiger partial charge in [-0.3, -0.25) is 4.79 Å². The van der Waals surface area contributed by atoms with Gasteiger partial charge < -0.3 is 0 Å². The van der Waals surface area contributed by atoms with Crippen molar-refractivity contribution in [3.63, 3.8) is 0 Å². The molecule has 19 heavy (non-hydrogen) atoms. The number of rotatable bonds is 3. The first-order chi connectivity index (χ1) is 9.11. The minimum atomic E-state index is -0.0287. The summed E-state index contributed by atoms with van der Waals surface area (Å²) in [7, 11) is 0. The lowest BCUT2D eigenvalue weighted by atomic mass is 10.1. The van der Waals surface area contributed by atoms with Crippen molar-refractivity contribution in [1.82, 2.24) is 4.98 Å². The molecule has 1 aromatic carbocycles. The van der Waals surface area contributed by atoms with Crippen molar-refractivity contribution in [2.45, 2.75) is 16.8 Å². The molecule has 1 heterocycles. The highest BCUT2D eigenvalue weighted by molar-refractivity contribution is 9.10. The second-order valence-electron chi connectivity index (χ2n) is 3.77. The fourth-order valence-corrected chi connectivity index (χ4v) is 3.01. The molecule has 0 radical (unpaired) electrons. The van der Waals surface area contributed by atoms with Crippen LogP contribution in [0.4, 0.5) is 0 Å². The number of nitriles is 1. The summed E-state index contributed by atoms with van der Waals surface area (Å²) < 4.78 is 0.858. The molecule has 0 N–H and O–H groups in total. The lowest BCUT2D eigenvalue weighted by Crippen LogP contribution is -1.96. The fraction of sp³-hybridized carbons (Fsp3) is 0.0714. The average Bonchev–Trinajstić information content (AvgIpc) is 2.41. The molecule has 0 bridgehead atoms. The molecule has 0 unspecified atom stereocenters. The molecule has 94 valence electrons. The van der Waals surface area contributed by atoms with Crippen molar-refractivity contribution in [3.8, 4) is 6.07 Å². The van der Waals surface area contributed by atoms with E-state index in [0.29, 0.717) is 11.1 Å². The highest BCUT2D eigenvalue weighted by Gasteiger charge is 2.12. The Hall–Kier alpha value is -1.64. The number of carbonyl (C=O) groups excluding carboxylic acids is 1. The fourth-order valence-electron chi connectivity index (χ4n) is 1.52. The van der Waals surface area contributed by atoms with E-state index >= 15 is 0 Å². The number of benzene rings is 1. The molecule has 2 aromatic rings. The minimum absolute atomic E-state index is 0.0287. The van der Waals surface area contributed by atoms with E-state index in [2.05, 4.69) is 27.0 Å². The standard InChI is InChI=1S/C14H9BrN2OS/c1-9(18)11-5-4-10(8-16)7-13(11)19-14-12(15)3-2-6-17-14/h2-7H,1H3. The van der Waals surface area contributed by atoms with E-state index in [-0.39, 0.29) is 5.78 Å². The lowest BCUT2D eigenvalue weighted by Gasteiger charge is -2.07. The summed E-state index contributed by atoms with van der Waals surface area (Å²) in [5.74, 6) is -0.0287. The Morgan fingerprint density at radius 3 is 2.84 bits per heavy atom. The zero-order valence-corrected chi connectivity index (χ0v) is 12.5. The number of halogens is 1. The van der Waals surface area contributed by atoms with Crippen LogP contribution in [0.2, 0.25) is 0 Å². The van der Waals surface area contributed by atoms with Crippen molar-refractivity contribution in [1.29, 1.82) is 5.26 Å². The molecule has 0 spiro atoms. The number of hydrogen-bond donors (Lipinski definition) is 0. The smallest absolute Gasteiger partial charge is 0.160 e. The van der Waals surface area contributed by atoms with Crippen LogP contribution in [-0.2, 0) is 0 Å². The van der Waals surface area contributed by atoms with Crippen molar-refractivity contribution in [3.05, 3.63) is 52.1 Å². The van der Waals surface area contributed by atoms with Gasteiger partial charge in [-0.15, -0.1) is 0 Å². The van der Waals surface area contributed by atoms with Crippen LogP contribution < -0.4 is 0 Å². The van der Waals surface area contributed by atoms with Gasteiger partial charge in [0.1, 0.15) is 5.03 Å². The van der Waals surface area contributed by atoms with Gasteiger partial charge in [0.25, 0.3) is 0 Å². The second kappa shape index (κ2) is 6.00. The summed E-state index contributed by atoms with van der Waals surface area (Å²) in [6.45, 7) is 1.51. The predicted molar refractivity (Wildman–Crippen MR) is 77.2 cm³/mol. The zero-order valence-electron chi connectivity index (χ0n) is 10.1. The molecular weight excluding hydrogens is 324 g/mol. The molecule has 3 nitrogen and oxygen atoms in total. The quantitative estimate of drug-likeness (QED) is 0.795. The monoisotopic (exact) mass is 332 g/mol. The summed E-state index contributed by atoms with van der Waals surface area (Å²) in [5, 5.41) is 9.71. The maximum atomic E-state index is 11.6. The summed E-state index contributed by atoms with van der Waals surface area (Å²) in [5.41, 5.74) is 1.13. The Morgan fingerprint density at radius 2 is 2.21 bits per heavy atom. The molecule has 0 atom stereocenters.